The maximum absolute atomic E-state index is 14.0. The SMILES string of the molecule is CC1(C)CCc2c1nc1c(F)ccc(F)c1c2C(=O)O. The predicted octanol–water partition coefficient (Wildman–Crippen LogP) is 3.44. The molecule has 20 heavy (non-hydrogen) atoms. The molecule has 0 spiro atoms. The number of pyridine rings is 1. The van der Waals surface area contributed by atoms with E-state index in [9.17, 15) is 18.7 Å². The number of benzene rings is 1. The second kappa shape index (κ2) is 3.98. The fourth-order valence-electron chi connectivity index (χ4n) is 2.93. The lowest BCUT2D eigenvalue weighted by Gasteiger charge is -2.19. The summed E-state index contributed by atoms with van der Waals surface area (Å²) in [5.41, 5.74) is 0.419. The minimum Gasteiger partial charge on any atom is -0.478 e. The van der Waals surface area contributed by atoms with Crippen LogP contribution in [0, 0.1) is 11.6 Å². The van der Waals surface area contributed by atoms with Crippen molar-refractivity contribution < 1.29 is 18.7 Å². The van der Waals surface area contributed by atoms with Crippen molar-refractivity contribution in [3.63, 3.8) is 0 Å². The van der Waals surface area contributed by atoms with Gasteiger partial charge < -0.3 is 5.11 Å². The van der Waals surface area contributed by atoms with Crippen LogP contribution >= 0.6 is 0 Å². The molecule has 3 rings (SSSR count). The van der Waals surface area contributed by atoms with E-state index in [0.717, 1.165) is 18.6 Å². The van der Waals surface area contributed by atoms with Crippen LogP contribution in [0.3, 0.4) is 0 Å². The highest BCUT2D eigenvalue weighted by molar-refractivity contribution is 6.04. The first-order valence-electron chi connectivity index (χ1n) is 6.37. The molecule has 0 atom stereocenters. The third-order valence-corrected chi connectivity index (χ3v) is 3.99. The van der Waals surface area contributed by atoms with Gasteiger partial charge in [0.1, 0.15) is 17.2 Å². The van der Waals surface area contributed by atoms with Gasteiger partial charge in [0.25, 0.3) is 0 Å². The number of fused-ring (bicyclic) bond motifs is 2. The van der Waals surface area contributed by atoms with Gasteiger partial charge in [-0.15, -0.1) is 0 Å². The quantitative estimate of drug-likeness (QED) is 0.868. The number of halogens is 2. The molecule has 0 bridgehead atoms. The van der Waals surface area contributed by atoms with Gasteiger partial charge in [-0.05, 0) is 30.5 Å². The molecule has 1 aromatic carbocycles. The van der Waals surface area contributed by atoms with Gasteiger partial charge >= 0.3 is 5.97 Å². The monoisotopic (exact) mass is 277 g/mol. The van der Waals surface area contributed by atoms with Gasteiger partial charge in [0, 0.05) is 5.41 Å². The topological polar surface area (TPSA) is 50.2 Å². The van der Waals surface area contributed by atoms with E-state index >= 15 is 0 Å². The highest BCUT2D eigenvalue weighted by Crippen LogP contribution is 2.41. The highest BCUT2D eigenvalue weighted by atomic mass is 19.1. The Morgan fingerprint density at radius 1 is 1.30 bits per heavy atom. The first-order valence-corrected chi connectivity index (χ1v) is 6.37. The van der Waals surface area contributed by atoms with Gasteiger partial charge in [-0.3, -0.25) is 0 Å². The normalized spacial score (nSPS) is 16.4. The van der Waals surface area contributed by atoms with Gasteiger partial charge in [-0.1, -0.05) is 13.8 Å². The molecule has 0 radical (unpaired) electrons. The summed E-state index contributed by atoms with van der Waals surface area (Å²) in [5.74, 6) is -2.69. The van der Waals surface area contributed by atoms with Crippen LogP contribution in [0.1, 0.15) is 41.9 Å². The second-order valence-electron chi connectivity index (χ2n) is 5.76. The standard InChI is InChI=1S/C15H13F2NO2/c1-15(2)6-5-7-10(14(19)20)11-8(16)3-4-9(17)12(11)18-13(7)15/h3-4H,5-6H2,1-2H3,(H,19,20). The molecule has 0 unspecified atom stereocenters. The van der Waals surface area contributed by atoms with Crippen LogP contribution in [0.25, 0.3) is 10.9 Å². The van der Waals surface area contributed by atoms with Gasteiger partial charge in [0.15, 0.2) is 0 Å². The lowest BCUT2D eigenvalue weighted by molar-refractivity contribution is 0.0697. The van der Waals surface area contributed by atoms with Gasteiger partial charge in [-0.2, -0.15) is 0 Å². The molecule has 1 aromatic heterocycles. The summed E-state index contributed by atoms with van der Waals surface area (Å²) in [4.78, 5) is 15.8. The van der Waals surface area contributed by atoms with Crippen LogP contribution in [0.5, 0.6) is 0 Å². The minimum absolute atomic E-state index is 0.146. The molecule has 0 aliphatic heterocycles. The Kier molecular flexibility index (Phi) is 2.58. The molecule has 1 aliphatic rings. The van der Waals surface area contributed by atoms with Crippen LogP contribution < -0.4 is 0 Å². The van der Waals surface area contributed by atoms with Crippen molar-refractivity contribution in [3.05, 3.63) is 40.6 Å². The maximum atomic E-state index is 14.0. The third-order valence-electron chi connectivity index (χ3n) is 3.99. The molecule has 0 fully saturated rings. The molecule has 1 N–H and O–H groups in total. The second-order valence-corrected chi connectivity index (χ2v) is 5.76. The zero-order valence-electron chi connectivity index (χ0n) is 11.1. The molecule has 1 aliphatic carbocycles. The third kappa shape index (κ3) is 1.62. The van der Waals surface area contributed by atoms with E-state index in [0.29, 0.717) is 17.7 Å². The van der Waals surface area contributed by atoms with Crippen molar-refractivity contribution in [1.82, 2.24) is 4.98 Å². The molecular weight excluding hydrogens is 264 g/mol. The number of carboxylic acids is 1. The number of aromatic nitrogens is 1. The lowest BCUT2D eigenvalue weighted by Crippen LogP contribution is -2.16. The van der Waals surface area contributed by atoms with Crippen LogP contribution in [-0.4, -0.2) is 16.1 Å². The van der Waals surface area contributed by atoms with Crippen molar-refractivity contribution in [1.29, 1.82) is 0 Å². The van der Waals surface area contributed by atoms with Crippen LogP contribution in [0.15, 0.2) is 12.1 Å². The molecule has 0 amide bonds. The first-order chi connectivity index (χ1) is 9.33. The summed E-state index contributed by atoms with van der Waals surface area (Å²) in [6.45, 7) is 3.86. The number of aromatic carboxylic acids is 1. The van der Waals surface area contributed by atoms with E-state index in [4.69, 9.17) is 0 Å². The lowest BCUT2D eigenvalue weighted by atomic mass is 9.89. The van der Waals surface area contributed by atoms with Crippen molar-refractivity contribution in [2.75, 3.05) is 0 Å². The molecule has 3 nitrogen and oxygen atoms in total. The van der Waals surface area contributed by atoms with E-state index in [1.54, 1.807) is 0 Å². The molecule has 0 saturated carbocycles. The van der Waals surface area contributed by atoms with E-state index in [-0.39, 0.29) is 21.9 Å². The van der Waals surface area contributed by atoms with Crippen molar-refractivity contribution in [3.8, 4) is 0 Å². The number of nitrogens with zero attached hydrogens (tertiary/aromatic N) is 1. The van der Waals surface area contributed by atoms with E-state index in [2.05, 4.69) is 4.98 Å². The molecule has 104 valence electrons. The zero-order chi connectivity index (χ0) is 14.7. The molecule has 0 saturated heterocycles. The zero-order valence-corrected chi connectivity index (χ0v) is 11.1. The molecular formula is C15H13F2NO2. The Bertz CT molecular complexity index is 753. The van der Waals surface area contributed by atoms with Gasteiger partial charge in [-0.25, -0.2) is 18.6 Å². The summed E-state index contributed by atoms with van der Waals surface area (Å²) in [7, 11) is 0. The molecule has 1 heterocycles. The number of hydrogen-bond acceptors (Lipinski definition) is 2. The van der Waals surface area contributed by atoms with Crippen LogP contribution in [0.2, 0.25) is 0 Å². The Morgan fingerprint density at radius 3 is 2.60 bits per heavy atom. The summed E-state index contributed by atoms with van der Waals surface area (Å²) in [6, 6.07) is 1.92. The molecule has 5 heteroatoms. The number of hydrogen-bond donors (Lipinski definition) is 1. The first kappa shape index (κ1) is 13.0. The van der Waals surface area contributed by atoms with Crippen molar-refractivity contribution >= 4 is 16.9 Å². The average Bonchev–Trinajstić information content (AvgIpc) is 2.68. The highest BCUT2D eigenvalue weighted by Gasteiger charge is 2.36. The number of carboxylic acid groups (broad SMARTS) is 1. The number of carbonyl (C=O) groups is 1. The van der Waals surface area contributed by atoms with Gasteiger partial charge in [0.05, 0.1) is 16.6 Å². The van der Waals surface area contributed by atoms with Crippen molar-refractivity contribution in [2.45, 2.75) is 32.1 Å². The van der Waals surface area contributed by atoms with Crippen molar-refractivity contribution in [2.24, 2.45) is 0 Å². The van der Waals surface area contributed by atoms with E-state index in [1.165, 1.54) is 0 Å². The minimum atomic E-state index is -1.24. The summed E-state index contributed by atoms with van der Waals surface area (Å²) in [5, 5.41) is 9.19. The smallest absolute Gasteiger partial charge is 0.336 e. The fraction of sp³-hybridized carbons (Fsp3) is 0.333. The predicted molar refractivity (Wildman–Crippen MR) is 70.0 cm³/mol. The van der Waals surface area contributed by atoms with Gasteiger partial charge in [0.2, 0.25) is 0 Å². The van der Waals surface area contributed by atoms with Crippen LogP contribution in [-0.2, 0) is 11.8 Å². The largest absolute Gasteiger partial charge is 0.478 e. The number of rotatable bonds is 1. The summed E-state index contributed by atoms with van der Waals surface area (Å²) >= 11 is 0. The maximum Gasteiger partial charge on any atom is 0.336 e. The Balaban J connectivity index is 2.54. The Labute approximate surface area is 114 Å². The summed E-state index contributed by atoms with van der Waals surface area (Å²) in [6.07, 6.45) is 1.23. The molecule has 2 aromatic rings. The Hall–Kier alpha value is -2.04. The average molecular weight is 277 g/mol. The van der Waals surface area contributed by atoms with E-state index in [1.807, 2.05) is 13.8 Å². The van der Waals surface area contributed by atoms with E-state index < -0.39 is 17.6 Å². The van der Waals surface area contributed by atoms with Crippen LogP contribution in [0.4, 0.5) is 8.78 Å². The fourth-order valence-corrected chi connectivity index (χ4v) is 2.93. The summed E-state index contributed by atoms with van der Waals surface area (Å²) < 4.78 is 27.9. The Morgan fingerprint density at radius 2 is 1.95 bits per heavy atom.